The zero-order chi connectivity index (χ0) is 13.2. The summed E-state index contributed by atoms with van der Waals surface area (Å²) in [5.74, 6) is 1.41. The van der Waals surface area contributed by atoms with Crippen LogP contribution in [-0.4, -0.2) is 51.8 Å². The molecule has 0 bridgehead atoms. The highest BCUT2D eigenvalue weighted by Gasteiger charge is 2.21. The first-order valence-corrected chi connectivity index (χ1v) is 6.54. The molecular weight excluding hydrogens is 232 g/mol. The summed E-state index contributed by atoms with van der Waals surface area (Å²) in [6, 6.07) is 0. The molecule has 3 N–H and O–H groups in total. The predicted molar refractivity (Wildman–Crippen MR) is 71.6 cm³/mol. The second-order valence-corrected chi connectivity index (χ2v) is 4.36. The maximum Gasteiger partial charge on any atom is 0.241 e. The van der Waals surface area contributed by atoms with E-state index in [-0.39, 0.29) is 12.5 Å². The third-order valence-electron chi connectivity index (χ3n) is 2.61. The van der Waals surface area contributed by atoms with E-state index in [2.05, 4.69) is 20.9 Å². The molecule has 1 aliphatic rings. The van der Waals surface area contributed by atoms with E-state index in [9.17, 15) is 4.79 Å². The highest BCUT2D eigenvalue weighted by molar-refractivity contribution is 5.84. The van der Waals surface area contributed by atoms with Crippen molar-refractivity contribution in [2.24, 2.45) is 10.9 Å². The number of carbonyl (C=O) groups is 1. The van der Waals surface area contributed by atoms with Crippen molar-refractivity contribution in [2.75, 3.05) is 39.9 Å². The molecule has 0 unspecified atom stereocenters. The Morgan fingerprint density at radius 1 is 1.33 bits per heavy atom. The molecule has 1 saturated carbocycles. The molecule has 0 aromatic heterocycles. The van der Waals surface area contributed by atoms with Crippen molar-refractivity contribution in [2.45, 2.75) is 19.8 Å². The van der Waals surface area contributed by atoms with E-state index in [4.69, 9.17) is 4.74 Å². The fourth-order valence-electron chi connectivity index (χ4n) is 1.40. The number of ether oxygens (including phenoxy) is 1. The molecule has 0 heterocycles. The molecular formula is C12H24N4O2. The van der Waals surface area contributed by atoms with Gasteiger partial charge in [-0.15, -0.1) is 0 Å². The Morgan fingerprint density at radius 2 is 2.11 bits per heavy atom. The van der Waals surface area contributed by atoms with Gasteiger partial charge in [-0.2, -0.15) is 0 Å². The Kier molecular flexibility index (Phi) is 7.17. The van der Waals surface area contributed by atoms with Gasteiger partial charge in [-0.25, -0.2) is 4.99 Å². The van der Waals surface area contributed by atoms with E-state index >= 15 is 0 Å². The number of hydrogen-bond acceptors (Lipinski definition) is 3. The minimum atomic E-state index is -0.0873. The van der Waals surface area contributed by atoms with Crippen LogP contribution in [0.15, 0.2) is 4.99 Å². The average Bonchev–Trinajstić information content (AvgIpc) is 3.17. The minimum absolute atomic E-state index is 0.0873. The van der Waals surface area contributed by atoms with Gasteiger partial charge in [0.1, 0.15) is 6.54 Å². The van der Waals surface area contributed by atoms with Crippen LogP contribution in [0.5, 0.6) is 0 Å². The highest BCUT2D eigenvalue weighted by Crippen LogP contribution is 2.27. The molecule has 0 aromatic rings. The molecule has 0 atom stereocenters. The standard InChI is InChI=1S/C12H24N4O2/c1-3-13-12(15-8-10-4-5-10)16-9-11(17)14-6-7-18-2/h10H,3-9H2,1-2H3,(H,14,17)(H2,13,15,16). The minimum Gasteiger partial charge on any atom is -0.383 e. The molecule has 1 rings (SSSR count). The molecule has 18 heavy (non-hydrogen) atoms. The summed E-state index contributed by atoms with van der Waals surface area (Å²) in [5, 5.41) is 9.09. The Hall–Kier alpha value is -1.30. The Bertz CT molecular complexity index is 277. The number of rotatable bonds is 8. The van der Waals surface area contributed by atoms with E-state index in [1.165, 1.54) is 12.8 Å². The zero-order valence-corrected chi connectivity index (χ0v) is 11.3. The van der Waals surface area contributed by atoms with Crippen molar-refractivity contribution in [3.63, 3.8) is 0 Å². The summed E-state index contributed by atoms with van der Waals surface area (Å²) in [5.41, 5.74) is 0. The first-order valence-electron chi connectivity index (χ1n) is 6.54. The van der Waals surface area contributed by atoms with Crippen molar-refractivity contribution < 1.29 is 9.53 Å². The number of hydrogen-bond donors (Lipinski definition) is 3. The molecule has 0 aliphatic heterocycles. The summed E-state index contributed by atoms with van der Waals surface area (Å²) < 4.78 is 4.85. The van der Waals surface area contributed by atoms with Gasteiger partial charge in [-0.05, 0) is 25.7 Å². The van der Waals surface area contributed by atoms with Gasteiger partial charge in [0.05, 0.1) is 6.61 Å². The van der Waals surface area contributed by atoms with Gasteiger partial charge >= 0.3 is 0 Å². The average molecular weight is 256 g/mol. The number of guanidine groups is 1. The summed E-state index contributed by atoms with van der Waals surface area (Å²) >= 11 is 0. The van der Waals surface area contributed by atoms with Crippen LogP contribution in [0.25, 0.3) is 0 Å². The fourth-order valence-corrected chi connectivity index (χ4v) is 1.40. The maximum absolute atomic E-state index is 11.4. The van der Waals surface area contributed by atoms with Crippen molar-refractivity contribution in [1.82, 2.24) is 16.0 Å². The maximum atomic E-state index is 11.4. The summed E-state index contributed by atoms with van der Waals surface area (Å²) in [7, 11) is 1.61. The van der Waals surface area contributed by atoms with Crippen LogP contribution in [-0.2, 0) is 9.53 Å². The number of carbonyl (C=O) groups excluding carboxylic acids is 1. The van der Waals surface area contributed by atoms with Gasteiger partial charge < -0.3 is 20.7 Å². The van der Waals surface area contributed by atoms with Crippen molar-refractivity contribution in [3.05, 3.63) is 0 Å². The third kappa shape index (κ3) is 7.11. The van der Waals surface area contributed by atoms with Gasteiger partial charge in [0.25, 0.3) is 0 Å². The van der Waals surface area contributed by atoms with E-state index in [0.29, 0.717) is 19.1 Å². The Balaban J connectivity index is 2.21. The zero-order valence-electron chi connectivity index (χ0n) is 11.3. The monoisotopic (exact) mass is 256 g/mol. The van der Waals surface area contributed by atoms with Crippen molar-refractivity contribution in [1.29, 1.82) is 0 Å². The second kappa shape index (κ2) is 8.74. The SMILES string of the molecule is CCNC(=NCC(=O)NCCOC)NCC1CC1. The second-order valence-electron chi connectivity index (χ2n) is 4.36. The van der Waals surface area contributed by atoms with Gasteiger partial charge in [-0.3, -0.25) is 4.79 Å². The molecule has 6 heteroatoms. The van der Waals surface area contributed by atoms with E-state index in [1.807, 2.05) is 6.92 Å². The number of aliphatic imine (C=N–C) groups is 1. The topological polar surface area (TPSA) is 74.8 Å². The van der Waals surface area contributed by atoms with Gasteiger partial charge in [-0.1, -0.05) is 0 Å². The normalized spacial score (nSPS) is 15.3. The molecule has 0 spiro atoms. The first kappa shape index (κ1) is 14.8. The lowest BCUT2D eigenvalue weighted by Gasteiger charge is -2.10. The third-order valence-corrected chi connectivity index (χ3v) is 2.61. The molecule has 1 amide bonds. The summed E-state index contributed by atoms with van der Waals surface area (Å²) in [4.78, 5) is 15.7. The highest BCUT2D eigenvalue weighted by atomic mass is 16.5. The van der Waals surface area contributed by atoms with Gasteiger partial charge in [0.15, 0.2) is 5.96 Å². The molecule has 1 aliphatic carbocycles. The largest absolute Gasteiger partial charge is 0.383 e. The predicted octanol–water partition coefficient (Wildman–Crippen LogP) is -0.286. The molecule has 1 fully saturated rings. The van der Waals surface area contributed by atoms with Crippen LogP contribution >= 0.6 is 0 Å². The van der Waals surface area contributed by atoms with Crippen LogP contribution in [0.1, 0.15) is 19.8 Å². The van der Waals surface area contributed by atoms with E-state index in [0.717, 1.165) is 19.0 Å². The van der Waals surface area contributed by atoms with Crippen molar-refractivity contribution >= 4 is 11.9 Å². The van der Waals surface area contributed by atoms with Crippen LogP contribution in [0.2, 0.25) is 0 Å². The van der Waals surface area contributed by atoms with Crippen LogP contribution in [0.4, 0.5) is 0 Å². The van der Waals surface area contributed by atoms with Crippen LogP contribution in [0.3, 0.4) is 0 Å². The van der Waals surface area contributed by atoms with Crippen molar-refractivity contribution in [3.8, 4) is 0 Å². The van der Waals surface area contributed by atoms with E-state index < -0.39 is 0 Å². The summed E-state index contributed by atoms with van der Waals surface area (Å²) in [6.07, 6.45) is 2.59. The van der Waals surface area contributed by atoms with Crippen LogP contribution < -0.4 is 16.0 Å². The van der Waals surface area contributed by atoms with Gasteiger partial charge in [0, 0.05) is 26.7 Å². The fraction of sp³-hybridized carbons (Fsp3) is 0.833. The van der Waals surface area contributed by atoms with Gasteiger partial charge in [0.2, 0.25) is 5.91 Å². The molecule has 6 nitrogen and oxygen atoms in total. The number of nitrogens with zero attached hydrogens (tertiary/aromatic N) is 1. The Labute approximate surface area is 109 Å². The molecule has 0 saturated heterocycles. The molecule has 104 valence electrons. The number of amides is 1. The first-order chi connectivity index (χ1) is 8.76. The quantitative estimate of drug-likeness (QED) is 0.317. The molecule has 0 aromatic carbocycles. The van der Waals surface area contributed by atoms with Crippen LogP contribution in [0, 0.1) is 5.92 Å². The smallest absolute Gasteiger partial charge is 0.241 e. The lowest BCUT2D eigenvalue weighted by Crippen LogP contribution is -2.39. The lowest BCUT2D eigenvalue weighted by molar-refractivity contribution is -0.119. The summed E-state index contributed by atoms with van der Waals surface area (Å²) in [6.45, 7) is 4.93. The Morgan fingerprint density at radius 3 is 2.72 bits per heavy atom. The number of methoxy groups -OCH3 is 1. The molecule has 0 radical (unpaired) electrons. The number of nitrogens with one attached hydrogen (secondary N) is 3. The lowest BCUT2D eigenvalue weighted by atomic mass is 10.4. The van der Waals surface area contributed by atoms with E-state index in [1.54, 1.807) is 7.11 Å².